The lowest BCUT2D eigenvalue weighted by atomic mass is 10.2. The van der Waals surface area contributed by atoms with Crippen molar-refractivity contribution in [3.63, 3.8) is 0 Å². The first kappa shape index (κ1) is 19.5. The largest absolute Gasteiger partial charge is 0.375 e. The zero-order valence-electron chi connectivity index (χ0n) is 15.1. The van der Waals surface area contributed by atoms with Crippen LogP contribution in [0.2, 0.25) is 5.02 Å². The summed E-state index contributed by atoms with van der Waals surface area (Å²) in [6.07, 6.45) is 5.32. The number of nitrogens with zero attached hydrogens (tertiary/aromatic N) is 2. The molecule has 0 aliphatic heterocycles. The topological polar surface area (TPSA) is 34.5 Å². The minimum Gasteiger partial charge on any atom is -0.375 e. The van der Waals surface area contributed by atoms with E-state index in [0.29, 0.717) is 6.54 Å². The zero-order chi connectivity index (χ0) is 18.1. The van der Waals surface area contributed by atoms with Crippen LogP contribution in [0.4, 0.5) is 0 Å². The van der Waals surface area contributed by atoms with E-state index in [-0.39, 0.29) is 12.5 Å². The number of ether oxygens (including phenoxy) is 1. The average Bonchev–Trinajstić information content (AvgIpc) is 3.01. The Morgan fingerprint density at radius 1 is 1.24 bits per heavy atom. The Balaban J connectivity index is 2.08. The number of methoxy groups -OCH3 is 1. The summed E-state index contributed by atoms with van der Waals surface area (Å²) >= 11 is 6.08. The summed E-state index contributed by atoms with van der Waals surface area (Å²) in [4.78, 5) is 14.2. The molecular weight excluding hydrogens is 336 g/mol. The standard InChI is InChI=1S/C20H27ClN2O2/c1-3-4-5-11-23(20(24)16-25-2)15-19-10-7-12-22(19)14-17-8-6-9-18(21)13-17/h6-10,12-13H,3-5,11,14-16H2,1-2H3. The molecule has 1 aromatic heterocycles. The molecule has 0 fully saturated rings. The van der Waals surface area contributed by atoms with E-state index in [2.05, 4.69) is 23.6 Å². The Hall–Kier alpha value is -1.78. The van der Waals surface area contributed by atoms with Crippen molar-refractivity contribution < 1.29 is 9.53 Å². The van der Waals surface area contributed by atoms with E-state index in [1.807, 2.05) is 35.4 Å². The molecule has 0 saturated heterocycles. The number of benzene rings is 1. The summed E-state index contributed by atoms with van der Waals surface area (Å²) in [5.41, 5.74) is 2.26. The lowest BCUT2D eigenvalue weighted by molar-refractivity contribution is -0.135. The summed E-state index contributed by atoms with van der Waals surface area (Å²) in [6.45, 7) is 4.39. The highest BCUT2D eigenvalue weighted by atomic mass is 35.5. The van der Waals surface area contributed by atoms with Gasteiger partial charge in [-0.15, -0.1) is 0 Å². The van der Waals surface area contributed by atoms with Gasteiger partial charge in [-0.2, -0.15) is 0 Å². The van der Waals surface area contributed by atoms with E-state index in [1.165, 1.54) is 0 Å². The van der Waals surface area contributed by atoms with Crippen LogP contribution < -0.4 is 0 Å². The van der Waals surface area contributed by atoms with Crippen LogP contribution >= 0.6 is 11.6 Å². The summed E-state index contributed by atoms with van der Waals surface area (Å²) in [5.74, 6) is 0.0362. The third kappa shape index (κ3) is 6.22. The highest BCUT2D eigenvalue weighted by Gasteiger charge is 2.15. The molecule has 1 aromatic carbocycles. The Morgan fingerprint density at radius 2 is 2.08 bits per heavy atom. The molecule has 0 aliphatic carbocycles. The number of carbonyl (C=O) groups is 1. The van der Waals surface area contributed by atoms with Gasteiger partial charge in [0.1, 0.15) is 6.61 Å². The van der Waals surface area contributed by atoms with Crippen molar-refractivity contribution in [2.45, 2.75) is 39.3 Å². The molecular formula is C20H27ClN2O2. The van der Waals surface area contributed by atoms with Crippen LogP contribution in [-0.4, -0.2) is 35.6 Å². The van der Waals surface area contributed by atoms with Crippen LogP contribution in [0.5, 0.6) is 0 Å². The number of carbonyl (C=O) groups excluding carboxylic acids is 1. The first-order chi connectivity index (χ1) is 12.1. The van der Waals surface area contributed by atoms with Gasteiger partial charge in [0.05, 0.1) is 6.54 Å². The van der Waals surface area contributed by atoms with E-state index in [1.54, 1.807) is 7.11 Å². The van der Waals surface area contributed by atoms with Gasteiger partial charge >= 0.3 is 0 Å². The van der Waals surface area contributed by atoms with Crippen LogP contribution in [0.3, 0.4) is 0 Å². The molecule has 1 amide bonds. The fourth-order valence-electron chi connectivity index (χ4n) is 2.83. The second-order valence-electron chi connectivity index (χ2n) is 6.21. The van der Waals surface area contributed by atoms with Crippen molar-refractivity contribution in [2.24, 2.45) is 0 Å². The average molecular weight is 363 g/mol. The van der Waals surface area contributed by atoms with Crippen molar-refractivity contribution >= 4 is 17.5 Å². The van der Waals surface area contributed by atoms with E-state index in [0.717, 1.165) is 48.6 Å². The Kier molecular flexibility index (Phi) is 8.02. The summed E-state index contributed by atoms with van der Waals surface area (Å²) in [5, 5.41) is 0.739. The number of hydrogen-bond donors (Lipinski definition) is 0. The van der Waals surface area contributed by atoms with E-state index in [4.69, 9.17) is 16.3 Å². The Labute approximate surface area is 155 Å². The number of amides is 1. The van der Waals surface area contributed by atoms with Gasteiger partial charge < -0.3 is 14.2 Å². The maximum Gasteiger partial charge on any atom is 0.248 e. The van der Waals surface area contributed by atoms with Crippen molar-refractivity contribution in [1.82, 2.24) is 9.47 Å². The maximum atomic E-state index is 12.4. The molecule has 2 aromatic rings. The fourth-order valence-corrected chi connectivity index (χ4v) is 3.05. The summed E-state index contributed by atoms with van der Waals surface area (Å²) in [6, 6.07) is 12.0. The number of halogens is 1. The normalized spacial score (nSPS) is 10.8. The lowest BCUT2D eigenvalue weighted by Crippen LogP contribution is -2.34. The second kappa shape index (κ2) is 10.3. The Bertz CT molecular complexity index is 669. The van der Waals surface area contributed by atoms with E-state index >= 15 is 0 Å². The molecule has 0 aliphatic rings. The molecule has 136 valence electrons. The quantitative estimate of drug-likeness (QED) is 0.589. The molecule has 25 heavy (non-hydrogen) atoms. The van der Waals surface area contributed by atoms with Crippen LogP contribution in [0.1, 0.15) is 37.4 Å². The first-order valence-corrected chi connectivity index (χ1v) is 9.17. The van der Waals surface area contributed by atoms with Crippen LogP contribution in [-0.2, 0) is 22.6 Å². The van der Waals surface area contributed by atoms with Gasteiger partial charge in [0.15, 0.2) is 0 Å². The zero-order valence-corrected chi connectivity index (χ0v) is 15.8. The molecule has 0 saturated carbocycles. The molecule has 0 unspecified atom stereocenters. The van der Waals surface area contributed by atoms with Gasteiger partial charge in [-0.3, -0.25) is 4.79 Å². The third-order valence-electron chi connectivity index (χ3n) is 4.17. The molecule has 5 heteroatoms. The van der Waals surface area contributed by atoms with E-state index in [9.17, 15) is 4.79 Å². The second-order valence-corrected chi connectivity index (χ2v) is 6.65. The minimum atomic E-state index is 0.0362. The number of hydrogen-bond acceptors (Lipinski definition) is 2. The smallest absolute Gasteiger partial charge is 0.248 e. The highest BCUT2D eigenvalue weighted by molar-refractivity contribution is 6.30. The molecule has 0 atom stereocenters. The van der Waals surface area contributed by atoms with Gasteiger partial charge in [0.2, 0.25) is 5.91 Å². The molecule has 2 rings (SSSR count). The van der Waals surface area contributed by atoms with Crippen LogP contribution in [0.15, 0.2) is 42.6 Å². The van der Waals surface area contributed by atoms with Crippen molar-refractivity contribution in [3.8, 4) is 0 Å². The number of rotatable bonds is 10. The van der Waals surface area contributed by atoms with Crippen molar-refractivity contribution in [3.05, 3.63) is 58.9 Å². The summed E-state index contributed by atoms with van der Waals surface area (Å²) < 4.78 is 7.20. The minimum absolute atomic E-state index is 0.0362. The SMILES string of the molecule is CCCCCN(Cc1cccn1Cc1cccc(Cl)c1)C(=O)COC. The van der Waals surface area contributed by atoms with Gasteiger partial charge in [-0.05, 0) is 36.2 Å². The molecule has 0 radical (unpaired) electrons. The van der Waals surface area contributed by atoms with E-state index < -0.39 is 0 Å². The third-order valence-corrected chi connectivity index (χ3v) is 4.41. The fraction of sp³-hybridized carbons (Fsp3) is 0.450. The van der Waals surface area contributed by atoms with Gasteiger partial charge in [0.25, 0.3) is 0 Å². The molecule has 0 spiro atoms. The lowest BCUT2D eigenvalue weighted by Gasteiger charge is -2.23. The van der Waals surface area contributed by atoms with Crippen LogP contribution in [0.25, 0.3) is 0 Å². The van der Waals surface area contributed by atoms with Gasteiger partial charge in [-0.1, -0.05) is 43.5 Å². The maximum absolute atomic E-state index is 12.4. The molecule has 0 bridgehead atoms. The number of unbranched alkanes of at least 4 members (excludes halogenated alkanes) is 2. The monoisotopic (exact) mass is 362 g/mol. The van der Waals surface area contributed by atoms with Gasteiger partial charge in [-0.25, -0.2) is 0 Å². The number of aromatic nitrogens is 1. The van der Waals surface area contributed by atoms with Gasteiger partial charge in [0, 0.05) is 37.1 Å². The summed E-state index contributed by atoms with van der Waals surface area (Å²) in [7, 11) is 1.56. The molecule has 0 N–H and O–H groups in total. The molecule has 1 heterocycles. The van der Waals surface area contributed by atoms with Crippen LogP contribution in [0, 0.1) is 0 Å². The van der Waals surface area contributed by atoms with Crippen molar-refractivity contribution in [1.29, 1.82) is 0 Å². The molecule has 4 nitrogen and oxygen atoms in total. The predicted octanol–water partition coefficient (Wildman–Crippen LogP) is 4.36. The first-order valence-electron chi connectivity index (χ1n) is 8.79. The Morgan fingerprint density at radius 3 is 2.80 bits per heavy atom. The highest BCUT2D eigenvalue weighted by Crippen LogP contribution is 2.15. The van der Waals surface area contributed by atoms with Crippen molar-refractivity contribution in [2.75, 3.05) is 20.3 Å². The predicted molar refractivity (Wildman–Crippen MR) is 102 cm³/mol.